The number of carbonyl (C=O) groups excluding carboxylic acids is 2. The number of hydrogen-bond acceptors (Lipinski definition) is 2. The van der Waals surface area contributed by atoms with Gasteiger partial charge in [0, 0.05) is 23.4 Å². The molecule has 0 atom stereocenters. The van der Waals surface area contributed by atoms with E-state index in [4.69, 9.17) is 0 Å². The van der Waals surface area contributed by atoms with Gasteiger partial charge in [0.05, 0.1) is 0 Å². The van der Waals surface area contributed by atoms with Crippen LogP contribution in [0.1, 0.15) is 34.8 Å². The number of nitrogens with one attached hydrogen (secondary N) is 2. The summed E-state index contributed by atoms with van der Waals surface area (Å²) in [5.41, 5.74) is 3.96. The molecule has 22 heavy (non-hydrogen) atoms. The summed E-state index contributed by atoms with van der Waals surface area (Å²) in [4.78, 5) is 23.8. The van der Waals surface area contributed by atoms with Crippen LogP contribution in [0.2, 0.25) is 0 Å². The molecule has 0 fully saturated rings. The Hall–Kier alpha value is -2.62. The van der Waals surface area contributed by atoms with E-state index < -0.39 is 0 Å². The molecule has 0 unspecified atom stereocenters. The Bertz CT molecular complexity index is 691. The first-order chi connectivity index (χ1) is 10.5. The van der Waals surface area contributed by atoms with Gasteiger partial charge < -0.3 is 10.6 Å². The van der Waals surface area contributed by atoms with Crippen molar-refractivity contribution in [1.82, 2.24) is 0 Å². The maximum atomic E-state index is 12.3. The largest absolute Gasteiger partial charge is 0.326 e. The molecule has 2 aromatic rings. The molecule has 2 aromatic carbocycles. The van der Waals surface area contributed by atoms with Gasteiger partial charge in [-0.15, -0.1) is 0 Å². The molecule has 0 radical (unpaired) electrons. The highest BCUT2D eigenvalue weighted by Gasteiger charge is 2.10. The second-order valence-corrected chi connectivity index (χ2v) is 5.20. The third-order valence-corrected chi connectivity index (χ3v) is 3.49. The molecule has 114 valence electrons. The minimum atomic E-state index is -0.165. The fourth-order valence-corrected chi connectivity index (χ4v) is 2.04. The smallest absolute Gasteiger partial charge is 0.255 e. The van der Waals surface area contributed by atoms with Crippen LogP contribution in [0.15, 0.2) is 42.5 Å². The first-order valence-corrected chi connectivity index (χ1v) is 7.28. The molecule has 2 amide bonds. The number of amides is 2. The Morgan fingerprint density at radius 2 is 1.50 bits per heavy atom. The lowest BCUT2D eigenvalue weighted by Crippen LogP contribution is -2.15. The van der Waals surface area contributed by atoms with Crippen LogP contribution in [0.5, 0.6) is 0 Å². The molecule has 0 aliphatic heterocycles. The van der Waals surface area contributed by atoms with E-state index in [9.17, 15) is 9.59 Å². The fraction of sp³-hybridized carbons (Fsp3) is 0.222. The lowest BCUT2D eigenvalue weighted by molar-refractivity contribution is -0.115. The van der Waals surface area contributed by atoms with Gasteiger partial charge in [-0.1, -0.05) is 30.7 Å². The maximum absolute atomic E-state index is 12.3. The Morgan fingerprint density at radius 1 is 0.909 bits per heavy atom. The quantitative estimate of drug-likeness (QED) is 0.899. The molecular formula is C18H20N2O2. The third kappa shape index (κ3) is 3.73. The number of carbonyl (C=O) groups is 2. The molecule has 4 nitrogen and oxygen atoms in total. The average Bonchev–Trinajstić information content (AvgIpc) is 2.51. The summed E-state index contributed by atoms with van der Waals surface area (Å²) in [6.07, 6.45) is 0.416. The van der Waals surface area contributed by atoms with Gasteiger partial charge in [-0.3, -0.25) is 9.59 Å². The van der Waals surface area contributed by atoms with Crippen molar-refractivity contribution in [3.63, 3.8) is 0 Å². The molecule has 0 heterocycles. The number of hydrogen-bond donors (Lipinski definition) is 2. The summed E-state index contributed by atoms with van der Waals surface area (Å²) in [6.45, 7) is 5.65. The van der Waals surface area contributed by atoms with Gasteiger partial charge in [-0.25, -0.2) is 0 Å². The van der Waals surface area contributed by atoms with E-state index in [1.165, 1.54) is 0 Å². The zero-order valence-corrected chi connectivity index (χ0v) is 13.1. The van der Waals surface area contributed by atoms with Crippen LogP contribution in [0.3, 0.4) is 0 Å². The van der Waals surface area contributed by atoms with Crippen LogP contribution in [0.25, 0.3) is 0 Å². The van der Waals surface area contributed by atoms with Crippen molar-refractivity contribution in [1.29, 1.82) is 0 Å². The van der Waals surface area contributed by atoms with E-state index in [1.807, 2.05) is 44.2 Å². The van der Waals surface area contributed by atoms with Crippen LogP contribution in [0, 0.1) is 13.8 Å². The summed E-state index contributed by atoms with van der Waals surface area (Å²) in [7, 11) is 0. The second kappa shape index (κ2) is 6.89. The van der Waals surface area contributed by atoms with Crippen molar-refractivity contribution in [3.8, 4) is 0 Å². The van der Waals surface area contributed by atoms with Gasteiger partial charge in [-0.05, 0) is 43.7 Å². The summed E-state index contributed by atoms with van der Waals surface area (Å²) in [5.74, 6) is -0.216. The van der Waals surface area contributed by atoms with E-state index in [0.717, 1.165) is 11.1 Å². The Morgan fingerprint density at radius 3 is 2.09 bits per heavy atom. The topological polar surface area (TPSA) is 58.2 Å². The second-order valence-electron chi connectivity index (χ2n) is 5.20. The Labute approximate surface area is 130 Å². The predicted octanol–water partition coefficient (Wildman–Crippen LogP) is 3.90. The summed E-state index contributed by atoms with van der Waals surface area (Å²) in [5, 5.41) is 5.72. The van der Waals surface area contributed by atoms with Crippen LogP contribution in [-0.4, -0.2) is 11.8 Å². The van der Waals surface area contributed by atoms with Gasteiger partial charge in [0.25, 0.3) is 5.91 Å². The van der Waals surface area contributed by atoms with Crippen LogP contribution in [-0.2, 0) is 4.79 Å². The lowest BCUT2D eigenvalue weighted by atomic mass is 10.1. The molecule has 0 aliphatic carbocycles. The van der Waals surface area contributed by atoms with Gasteiger partial charge in [-0.2, -0.15) is 0 Å². The zero-order valence-electron chi connectivity index (χ0n) is 13.1. The first kappa shape index (κ1) is 15.8. The first-order valence-electron chi connectivity index (χ1n) is 7.28. The molecule has 0 aliphatic rings. The third-order valence-electron chi connectivity index (χ3n) is 3.49. The summed E-state index contributed by atoms with van der Waals surface area (Å²) >= 11 is 0. The molecular weight excluding hydrogens is 276 g/mol. The number of benzene rings is 2. The van der Waals surface area contributed by atoms with E-state index in [2.05, 4.69) is 10.6 Å². The van der Waals surface area contributed by atoms with Crippen LogP contribution >= 0.6 is 0 Å². The van der Waals surface area contributed by atoms with Crippen molar-refractivity contribution in [3.05, 3.63) is 59.2 Å². The number of rotatable bonds is 4. The van der Waals surface area contributed by atoms with E-state index in [-0.39, 0.29) is 11.8 Å². The summed E-state index contributed by atoms with van der Waals surface area (Å²) < 4.78 is 0. The van der Waals surface area contributed by atoms with Crippen molar-refractivity contribution in [2.45, 2.75) is 27.2 Å². The highest BCUT2D eigenvalue weighted by atomic mass is 16.2. The number of aryl methyl sites for hydroxylation is 1. The molecule has 2 N–H and O–H groups in total. The lowest BCUT2D eigenvalue weighted by Gasteiger charge is -2.13. The van der Waals surface area contributed by atoms with Crippen molar-refractivity contribution in [2.75, 3.05) is 10.6 Å². The highest BCUT2D eigenvalue weighted by molar-refractivity contribution is 6.05. The van der Waals surface area contributed by atoms with Crippen molar-refractivity contribution >= 4 is 23.2 Å². The van der Waals surface area contributed by atoms with Gasteiger partial charge in [0.1, 0.15) is 0 Å². The fourth-order valence-electron chi connectivity index (χ4n) is 2.04. The van der Waals surface area contributed by atoms with Crippen LogP contribution in [0.4, 0.5) is 11.4 Å². The molecule has 0 bridgehead atoms. The zero-order chi connectivity index (χ0) is 16.1. The van der Waals surface area contributed by atoms with Gasteiger partial charge in [0.15, 0.2) is 0 Å². The monoisotopic (exact) mass is 296 g/mol. The van der Waals surface area contributed by atoms with Crippen molar-refractivity contribution in [2.24, 2.45) is 0 Å². The molecule has 0 saturated heterocycles. The predicted molar refractivity (Wildman–Crippen MR) is 89.2 cm³/mol. The van der Waals surface area contributed by atoms with Gasteiger partial charge >= 0.3 is 0 Å². The molecule has 0 saturated carbocycles. The normalized spacial score (nSPS) is 10.1. The minimum absolute atomic E-state index is 0.0508. The van der Waals surface area contributed by atoms with E-state index >= 15 is 0 Å². The van der Waals surface area contributed by atoms with Gasteiger partial charge in [0.2, 0.25) is 5.91 Å². The SMILES string of the molecule is CCC(=O)Nc1cccc(NC(=O)c2ccc(C)cc2)c1C. The van der Waals surface area contributed by atoms with Crippen LogP contribution < -0.4 is 10.6 Å². The highest BCUT2D eigenvalue weighted by Crippen LogP contribution is 2.24. The Balaban J connectivity index is 2.19. The number of anilines is 2. The van der Waals surface area contributed by atoms with E-state index in [0.29, 0.717) is 23.4 Å². The standard InChI is InChI=1S/C18H20N2O2/c1-4-17(21)19-15-6-5-7-16(13(15)3)20-18(22)14-10-8-12(2)9-11-14/h5-11H,4H2,1-3H3,(H,19,21)(H,20,22). The Kier molecular flexibility index (Phi) is 4.94. The van der Waals surface area contributed by atoms with Crippen molar-refractivity contribution < 1.29 is 9.59 Å². The molecule has 0 aromatic heterocycles. The summed E-state index contributed by atoms with van der Waals surface area (Å²) in [6, 6.07) is 12.8. The maximum Gasteiger partial charge on any atom is 0.255 e. The minimum Gasteiger partial charge on any atom is -0.326 e. The molecule has 4 heteroatoms. The average molecular weight is 296 g/mol. The molecule has 0 spiro atoms. The molecule has 2 rings (SSSR count). The van der Waals surface area contributed by atoms with E-state index in [1.54, 1.807) is 19.1 Å².